The number of aliphatic hydroxyl groups is 4. The maximum Gasteiger partial charge on any atom is 0.255 e. The Hall–Kier alpha value is -3.20. The van der Waals surface area contributed by atoms with E-state index >= 15 is 0 Å². The monoisotopic (exact) mass is 602 g/mol. The molecule has 0 radical (unpaired) electrons. The first-order valence-corrected chi connectivity index (χ1v) is 11.8. The molecule has 13 nitrogen and oxygen atoms in total. The molecule has 3 aliphatic rings. The lowest BCUT2D eigenvalue weighted by molar-refractivity contribution is -0.162. The number of carbonyl (C=O) groups is 4. The molecular formula is C25H32Cl2N4O9. The van der Waals surface area contributed by atoms with Crippen molar-refractivity contribution in [1.82, 2.24) is 10.2 Å². The molecule has 0 saturated carbocycles. The number of fused-ring (bicyclic) bond motifs is 3. The molecule has 0 saturated heterocycles. The quantitative estimate of drug-likeness (QED) is 0.161. The van der Waals surface area contributed by atoms with E-state index in [1.807, 2.05) is 0 Å². The van der Waals surface area contributed by atoms with Crippen LogP contribution in [0.3, 0.4) is 0 Å². The van der Waals surface area contributed by atoms with E-state index in [1.165, 1.54) is 31.1 Å². The van der Waals surface area contributed by atoms with Crippen LogP contribution >= 0.6 is 24.8 Å². The topological polar surface area (TPSA) is 223 Å². The van der Waals surface area contributed by atoms with Gasteiger partial charge in [0.15, 0.2) is 17.1 Å². The van der Waals surface area contributed by atoms with Gasteiger partial charge in [-0.3, -0.25) is 24.1 Å². The predicted molar refractivity (Wildman–Crippen MR) is 147 cm³/mol. The molecule has 0 aromatic heterocycles. The van der Waals surface area contributed by atoms with E-state index in [9.17, 15) is 44.7 Å². The zero-order valence-electron chi connectivity index (χ0n) is 22.0. The standard InChI is InChI=1S/C25H30N4O9.2ClH/c1-8-9-5-6-10(28-11(30)7-27-2)18(31)13(9)19(32)14-12(8)20(33)16-17(29(3)4)21(34)15(24(26)37)23(36)25(16,38)22(14)35;;/h5-6,8,12,16-17,20,27,31,33-35,38H,7H2,1-4H3,(H2,26,37)(H,28,30);2*1H/t8?,12?,16?,17-,20?,25-;;/m0../s1. The molecule has 9 N–H and O–H groups in total. The van der Waals surface area contributed by atoms with Gasteiger partial charge in [-0.15, -0.1) is 24.8 Å². The molecule has 0 fully saturated rings. The molecule has 15 heteroatoms. The Morgan fingerprint density at radius 2 is 1.73 bits per heavy atom. The molecule has 1 aromatic rings. The number of halogens is 2. The van der Waals surface area contributed by atoms with Crippen molar-refractivity contribution in [3.63, 3.8) is 0 Å². The maximum atomic E-state index is 13.8. The van der Waals surface area contributed by atoms with Crippen molar-refractivity contribution in [2.24, 2.45) is 17.6 Å². The summed E-state index contributed by atoms with van der Waals surface area (Å²) in [6, 6.07) is 1.55. The lowest BCUT2D eigenvalue weighted by Crippen LogP contribution is -2.68. The normalized spacial score (nSPS) is 29.1. The van der Waals surface area contributed by atoms with Gasteiger partial charge in [0.1, 0.15) is 17.1 Å². The Balaban J connectivity index is 0.00000280. The number of benzene rings is 1. The summed E-state index contributed by atoms with van der Waals surface area (Å²) in [5, 5.41) is 61.5. The number of phenolic OH excluding ortho intramolecular Hbond substituents is 1. The van der Waals surface area contributed by atoms with Crippen molar-refractivity contribution in [3.05, 3.63) is 45.9 Å². The molecule has 0 spiro atoms. The van der Waals surface area contributed by atoms with Crippen molar-refractivity contribution in [2.75, 3.05) is 33.0 Å². The number of phenols is 1. The Labute approximate surface area is 241 Å². The second-order valence-electron chi connectivity index (χ2n) is 10.1. The van der Waals surface area contributed by atoms with Gasteiger partial charge in [-0.2, -0.15) is 0 Å². The summed E-state index contributed by atoms with van der Waals surface area (Å²) < 4.78 is 0. The third-order valence-corrected chi connectivity index (χ3v) is 7.74. The average Bonchev–Trinajstić information content (AvgIpc) is 2.82. The Bertz CT molecular complexity index is 1350. The number of hydrogen-bond acceptors (Lipinski definition) is 11. The summed E-state index contributed by atoms with van der Waals surface area (Å²) >= 11 is 0. The zero-order valence-corrected chi connectivity index (χ0v) is 23.6. The summed E-state index contributed by atoms with van der Waals surface area (Å²) in [5.41, 5.74) is 0.759. The van der Waals surface area contributed by atoms with Gasteiger partial charge in [-0.25, -0.2) is 0 Å². The van der Waals surface area contributed by atoms with Crippen LogP contribution in [0.2, 0.25) is 0 Å². The molecular weight excluding hydrogens is 571 g/mol. The summed E-state index contributed by atoms with van der Waals surface area (Å²) in [4.78, 5) is 52.6. The highest BCUT2D eigenvalue weighted by Crippen LogP contribution is 2.55. The van der Waals surface area contributed by atoms with Crippen LogP contribution in [-0.4, -0.2) is 99.2 Å². The molecule has 3 aliphatic carbocycles. The van der Waals surface area contributed by atoms with E-state index < -0.39 is 87.3 Å². The molecule has 40 heavy (non-hydrogen) atoms. The average molecular weight is 603 g/mol. The number of carbonyl (C=O) groups excluding carboxylic acids is 4. The van der Waals surface area contributed by atoms with E-state index in [0.717, 1.165) is 0 Å². The minimum absolute atomic E-state index is 0. The van der Waals surface area contributed by atoms with Crippen molar-refractivity contribution in [2.45, 2.75) is 30.6 Å². The second-order valence-corrected chi connectivity index (χ2v) is 10.1. The molecule has 220 valence electrons. The summed E-state index contributed by atoms with van der Waals surface area (Å²) in [6.07, 6.45) is -1.68. The van der Waals surface area contributed by atoms with Crippen LogP contribution in [0.25, 0.3) is 0 Å². The van der Waals surface area contributed by atoms with Crippen LogP contribution in [0, 0.1) is 11.8 Å². The zero-order chi connectivity index (χ0) is 28.4. The third kappa shape index (κ3) is 4.42. The molecule has 0 heterocycles. The fourth-order valence-electron chi connectivity index (χ4n) is 6.08. The van der Waals surface area contributed by atoms with E-state index in [2.05, 4.69) is 10.6 Å². The van der Waals surface area contributed by atoms with E-state index in [1.54, 1.807) is 14.0 Å². The molecule has 0 bridgehead atoms. The smallest absolute Gasteiger partial charge is 0.255 e. The summed E-state index contributed by atoms with van der Waals surface area (Å²) in [7, 11) is 4.47. The second kappa shape index (κ2) is 11.4. The number of hydrogen-bond donors (Lipinski definition) is 8. The number of aliphatic hydroxyl groups excluding tert-OH is 3. The fraction of sp³-hybridized carbons (Fsp3) is 0.440. The number of amides is 2. The van der Waals surface area contributed by atoms with Crippen molar-refractivity contribution >= 4 is 53.9 Å². The van der Waals surface area contributed by atoms with Crippen LogP contribution in [0.1, 0.15) is 28.8 Å². The molecule has 0 aliphatic heterocycles. The number of nitrogens with two attached hydrogens (primary N) is 1. The first-order valence-electron chi connectivity index (χ1n) is 11.8. The SMILES string of the molecule is CNCC(=O)Nc1ccc2c(c1O)C(=O)C1=C(O)[C@]3(O)C(=O)C(C(N)=O)=C(O)[C@@H](N(C)C)C3C(O)C1C2C.Cl.Cl. The highest BCUT2D eigenvalue weighted by molar-refractivity contribution is 6.25. The van der Waals surface area contributed by atoms with Gasteiger partial charge in [-0.1, -0.05) is 13.0 Å². The van der Waals surface area contributed by atoms with Crippen molar-refractivity contribution in [1.29, 1.82) is 0 Å². The molecule has 1 aromatic carbocycles. The number of nitrogens with zero attached hydrogens (tertiary/aromatic N) is 1. The van der Waals surface area contributed by atoms with E-state index in [4.69, 9.17) is 5.73 Å². The first kappa shape index (κ1) is 33.0. The molecule has 2 amide bonds. The van der Waals surface area contributed by atoms with Gasteiger partial charge >= 0.3 is 0 Å². The Kier molecular flexibility index (Phi) is 9.37. The Morgan fingerprint density at radius 3 is 2.25 bits per heavy atom. The van der Waals surface area contributed by atoms with Gasteiger partial charge in [0.2, 0.25) is 11.7 Å². The lowest BCUT2D eigenvalue weighted by atomic mass is 9.55. The third-order valence-electron chi connectivity index (χ3n) is 7.74. The van der Waals surface area contributed by atoms with Gasteiger partial charge in [0.25, 0.3) is 5.91 Å². The van der Waals surface area contributed by atoms with E-state index in [-0.39, 0.29) is 42.6 Å². The first-order chi connectivity index (χ1) is 17.7. The van der Waals surface area contributed by atoms with Gasteiger partial charge in [0, 0.05) is 11.5 Å². The largest absolute Gasteiger partial charge is 0.510 e. The fourth-order valence-corrected chi connectivity index (χ4v) is 6.08. The van der Waals surface area contributed by atoms with Crippen LogP contribution in [0.4, 0.5) is 5.69 Å². The maximum absolute atomic E-state index is 13.8. The van der Waals surface area contributed by atoms with Crippen molar-refractivity contribution in [3.8, 4) is 5.75 Å². The van der Waals surface area contributed by atoms with Crippen LogP contribution in [0.5, 0.6) is 5.75 Å². The van der Waals surface area contributed by atoms with Gasteiger partial charge in [-0.05, 0) is 38.7 Å². The highest BCUT2D eigenvalue weighted by atomic mass is 35.5. The minimum Gasteiger partial charge on any atom is -0.510 e. The number of aromatic hydroxyl groups is 1. The molecule has 6 atom stereocenters. The number of primary amides is 1. The van der Waals surface area contributed by atoms with Crippen molar-refractivity contribution < 1.29 is 44.7 Å². The van der Waals surface area contributed by atoms with Crippen LogP contribution in [-0.2, 0) is 14.4 Å². The number of likely N-dealkylation sites (N-methyl/N-ethyl adjacent to an activating group) is 2. The van der Waals surface area contributed by atoms with Crippen LogP contribution < -0.4 is 16.4 Å². The number of ketones is 2. The van der Waals surface area contributed by atoms with E-state index in [0.29, 0.717) is 5.56 Å². The Morgan fingerprint density at radius 1 is 1.12 bits per heavy atom. The minimum atomic E-state index is -2.99. The number of Topliss-reactive ketones (excluding diaryl/α,β-unsaturated/α-hetero) is 2. The van der Waals surface area contributed by atoms with Gasteiger partial charge in [0.05, 0.1) is 35.9 Å². The number of rotatable bonds is 5. The lowest BCUT2D eigenvalue weighted by Gasteiger charge is -2.53. The predicted octanol–water partition coefficient (Wildman–Crippen LogP) is -0.346. The van der Waals surface area contributed by atoms with Gasteiger partial charge < -0.3 is 41.9 Å². The highest BCUT2D eigenvalue weighted by Gasteiger charge is 2.67. The number of anilines is 1. The summed E-state index contributed by atoms with van der Waals surface area (Å²) in [6.45, 7) is 1.54. The van der Waals surface area contributed by atoms with Crippen LogP contribution in [0.15, 0.2) is 34.8 Å². The number of nitrogens with one attached hydrogen (secondary N) is 2. The molecule has 4 unspecified atom stereocenters. The molecule has 4 rings (SSSR count). The summed E-state index contributed by atoms with van der Waals surface area (Å²) in [5.74, 6) is -10.3.